The van der Waals surface area contributed by atoms with Gasteiger partial charge in [-0.2, -0.15) is 0 Å². The molecule has 2 aliphatic heterocycles. The van der Waals surface area contributed by atoms with Crippen LogP contribution >= 0.6 is 11.3 Å². The van der Waals surface area contributed by atoms with E-state index in [2.05, 4.69) is 4.90 Å². The average molecular weight is 591 g/mol. The summed E-state index contributed by atoms with van der Waals surface area (Å²) < 4.78 is 35.2. The zero-order valence-electron chi connectivity index (χ0n) is 23.2. The van der Waals surface area contributed by atoms with Crippen molar-refractivity contribution in [3.05, 3.63) is 83.4 Å². The predicted octanol–water partition coefficient (Wildman–Crippen LogP) is 5.12. The highest BCUT2D eigenvalue weighted by Gasteiger charge is 2.29. The topological polar surface area (TPSA) is 83.0 Å². The number of nitrogens with zero attached hydrogens (tertiary/aromatic N) is 4. The van der Waals surface area contributed by atoms with Gasteiger partial charge in [-0.05, 0) is 73.7 Å². The number of hydrogen-bond donors (Lipinski definition) is 0. The second kappa shape index (κ2) is 11.9. The van der Waals surface area contributed by atoms with Gasteiger partial charge in [0.05, 0.1) is 34.0 Å². The van der Waals surface area contributed by atoms with Gasteiger partial charge < -0.3 is 4.74 Å². The molecule has 214 valence electrons. The van der Waals surface area contributed by atoms with Crippen LogP contribution in [0.25, 0.3) is 10.2 Å². The second-order valence-corrected chi connectivity index (χ2v) is 13.4. The highest BCUT2D eigenvalue weighted by molar-refractivity contribution is 7.92. The van der Waals surface area contributed by atoms with Crippen molar-refractivity contribution >= 4 is 48.3 Å². The molecule has 0 N–H and O–H groups in total. The maximum Gasteiger partial charge on any atom is 0.264 e. The summed E-state index contributed by atoms with van der Waals surface area (Å²) in [4.78, 5) is 23.0. The third-order valence-electron chi connectivity index (χ3n) is 7.80. The number of fused-ring (bicyclic) bond motifs is 2. The number of benzene rings is 3. The Morgan fingerprint density at radius 1 is 1.00 bits per heavy atom. The van der Waals surface area contributed by atoms with Crippen molar-refractivity contribution in [3.8, 4) is 0 Å². The number of carbonyl (C=O) groups is 1. The predicted molar refractivity (Wildman–Crippen MR) is 164 cm³/mol. The Balaban J connectivity index is 1.25. The van der Waals surface area contributed by atoms with Gasteiger partial charge in [0, 0.05) is 38.3 Å². The molecule has 0 spiro atoms. The Labute approximate surface area is 245 Å². The summed E-state index contributed by atoms with van der Waals surface area (Å²) >= 11 is 1.51. The van der Waals surface area contributed by atoms with Crippen LogP contribution in [0.2, 0.25) is 0 Å². The van der Waals surface area contributed by atoms with Crippen LogP contribution in [0.1, 0.15) is 34.3 Å². The van der Waals surface area contributed by atoms with Crippen molar-refractivity contribution in [2.24, 2.45) is 0 Å². The number of carbonyl (C=O) groups excluding carboxylic acids is 1. The minimum atomic E-state index is -3.76. The first-order valence-electron chi connectivity index (χ1n) is 14.1. The fraction of sp³-hybridized carbons (Fsp3) is 0.355. The summed E-state index contributed by atoms with van der Waals surface area (Å²) in [6.45, 7) is 7.10. The zero-order chi connectivity index (χ0) is 28.4. The number of para-hydroxylation sites is 2. The van der Waals surface area contributed by atoms with E-state index >= 15 is 0 Å². The Hall–Kier alpha value is -3.31. The van der Waals surface area contributed by atoms with Crippen molar-refractivity contribution in [2.75, 3.05) is 55.1 Å². The number of aryl methyl sites for hydroxylation is 2. The van der Waals surface area contributed by atoms with Crippen LogP contribution in [-0.2, 0) is 21.2 Å². The van der Waals surface area contributed by atoms with E-state index in [0.717, 1.165) is 79.1 Å². The first-order chi connectivity index (χ1) is 19.9. The minimum Gasteiger partial charge on any atom is -0.379 e. The lowest BCUT2D eigenvalue weighted by Gasteiger charge is -2.30. The first-order valence-corrected chi connectivity index (χ1v) is 16.4. The standard InChI is InChI=1S/C31H34N4O4S2/c1-23-7-4-11-28-29(23)32-31(40-28)34(17-6-16-33-19-21-39-22-20-33)30(36)25-12-14-26(15-13-25)41(37,38)35-18-5-9-24-8-2-3-10-27(24)35/h2-4,7-8,10-15H,5-6,9,16-22H2,1H3. The fourth-order valence-corrected chi connectivity index (χ4v) is 8.16. The smallest absolute Gasteiger partial charge is 0.264 e. The SMILES string of the molecule is Cc1cccc2sc(N(CCCN3CCOCC3)C(=O)c3ccc(S(=O)(=O)N4CCCc5ccccc54)cc3)nc12. The maximum absolute atomic E-state index is 13.9. The zero-order valence-corrected chi connectivity index (χ0v) is 24.8. The molecule has 6 rings (SSSR count). The molecule has 10 heteroatoms. The van der Waals surface area contributed by atoms with E-state index in [4.69, 9.17) is 9.72 Å². The molecule has 3 heterocycles. The first kappa shape index (κ1) is 27.8. The highest BCUT2D eigenvalue weighted by atomic mass is 32.2. The van der Waals surface area contributed by atoms with Gasteiger partial charge in [-0.25, -0.2) is 13.4 Å². The molecule has 0 aliphatic carbocycles. The van der Waals surface area contributed by atoms with Gasteiger partial charge in [0.1, 0.15) is 0 Å². The summed E-state index contributed by atoms with van der Waals surface area (Å²) in [5.41, 5.74) is 4.18. The molecule has 0 radical (unpaired) electrons. The van der Waals surface area contributed by atoms with Crippen molar-refractivity contribution in [1.82, 2.24) is 9.88 Å². The molecular formula is C31H34N4O4S2. The van der Waals surface area contributed by atoms with Crippen molar-refractivity contribution in [3.63, 3.8) is 0 Å². The van der Waals surface area contributed by atoms with Crippen LogP contribution in [0.3, 0.4) is 0 Å². The minimum absolute atomic E-state index is 0.181. The molecule has 1 aromatic heterocycles. The van der Waals surface area contributed by atoms with E-state index in [0.29, 0.717) is 23.8 Å². The number of sulfonamides is 1. The molecule has 0 bridgehead atoms. The molecule has 2 aliphatic rings. The summed E-state index contributed by atoms with van der Waals surface area (Å²) in [7, 11) is -3.76. The summed E-state index contributed by atoms with van der Waals surface area (Å²) in [6.07, 6.45) is 2.43. The van der Waals surface area contributed by atoms with E-state index in [9.17, 15) is 13.2 Å². The number of morpholine rings is 1. The normalized spacial score (nSPS) is 16.1. The van der Waals surface area contributed by atoms with Gasteiger partial charge in [0.25, 0.3) is 15.9 Å². The van der Waals surface area contributed by atoms with Crippen LogP contribution in [-0.4, -0.2) is 70.1 Å². The van der Waals surface area contributed by atoms with Gasteiger partial charge >= 0.3 is 0 Å². The molecule has 0 saturated carbocycles. The fourth-order valence-electron chi connectivity index (χ4n) is 5.55. The van der Waals surface area contributed by atoms with Crippen LogP contribution < -0.4 is 9.21 Å². The molecule has 3 aromatic carbocycles. The van der Waals surface area contributed by atoms with Gasteiger partial charge in [-0.15, -0.1) is 0 Å². The number of anilines is 2. The highest BCUT2D eigenvalue weighted by Crippen LogP contribution is 2.33. The number of rotatable bonds is 8. The second-order valence-electron chi connectivity index (χ2n) is 10.5. The average Bonchev–Trinajstić information content (AvgIpc) is 3.45. The Morgan fingerprint density at radius 2 is 1.78 bits per heavy atom. The van der Waals surface area contributed by atoms with Crippen molar-refractivity contribution < 1.29 is 17.9 Å². The van der Waals surface area contributed by atoms with Gasteiger partial charge in [0.15, 0.2) is 5.13 Å². The lowest BCUT2D eigenvalue weighted by Crippen LogP contribution is -2.39. The third kappa shape index (κ3) is 5.74. The lowest BCUT2D eigenvalue weighted by atomic mass is 10.0. The summed E-state index contributed by atoms with van der Waals surface area (Å²) in [5, 5.41) is 0.655. The van der Waals surface area contributed by atoms with Crippen LogP contribution in [0.15, 0.2) is 71.6 Å². The van der Waals surface area contributed by atoms with E-state index < -0.39 is 10.0 Å². The van der Waals surface area contributed by atoms with E-state index in [1.165, 1.54) is 15.6 Å². The number of hydrogen-bond acceptors (Lipinski definition) is 7. The molecule has 1 fully saturated rings. The third-order valence-corrected chi connectivity index (χ3v) is 10.7. The molecule has 1 saturated heterocycles. The molecule has 0 atom stereocenters. The van der Waals surface area contributed by atoms with Crippen molar-refractivity contribution in [1.29, 1.82) is 0 Å². The van der Waals surface area contributed by atoms with Crippen LogP contribution in [0, 0.1) is 6.92 Å². The molecular weight excluding hydrogens is 556 g/mol. The monoisotopic (exact) mass is 590 g/mol. The van der Waals surface area contributed by atoms with Gasteiger partial charge in [-0.3, -0.25) is 18.9 Å². The number of thiazole rings is 1. The van der Waals surface area contributed by atoms with Crippen molar-refractivity contribution in [2.45, 2.75) is 31.1 Å². The maximum atomic E-state index is 13.9. The Kier molecular flexibility index (Phi) is 8.07. The molecule has 4 aromatic rings. The van der Waals surface area contributed by atoms with E-state index in [-0.39, 0.29) is 10.8 Å². The van der Waals surface area contributed by atoms with Gasteiger partial charge in [0.2, 0.25) is 0 Å². The van der Waals surface area contributed by atoms with Crippen LogP contribution in [0.5, 0.6) is 0 Å². The molecule has 41 heavy (non-hydrogen) atoms. The Bertz CT molecular complexity index is 1650. The number of amides is 1. The molecule has 8 nitrogen and oxygen atoms in total. The number of aromatic nitrogens is 1. The largest absolute Gasteiger partial charge is 0.379 e. The van der Waals surface area contributed by atoms with Crippen LogP contribution in [0.4, 0.5) is 10.8 Å². The van der Waals surface area contributed by atoms with E-state index in [1.54, 1.807) is 29.2 Å². The molecule has 1 amide bonds. The van der Waals surface area contributed by atoms with E-state index in [1.807, 2.05) is 49.4 Å². The lowest BCUT2D eigenvalue weighted by molar-refractivity contribution is 0.0376. The molecule has 0 unspecified atom stereocenters. The summed E-state index contributed by atoms with van der Waals surface area (Å²) in [5.74, 6) is -0.184. The summed E-state index contributed by atoms with van der Waals surface area (Å²) in [6, 6.07) is 20.0. The van der Waals surface area contributed by atoms with Gasteiger partial charge in [-0.1, -0.05) is 41.7 Å². The Morgan fingerprint density at radius 3 is 2.56 bits per heavy atom. The number of ether oxygens (including phenoxy) is 1. The quantitative estimate of drug-likeness (QED) is 0.284.